The van der Waals surface area contributed by atoms with E-state index in [2.05, 4.69) is 14.7 Å². The molecule has 3 N–H and O–H groups in total. The molecular formula is C11H14N4O2S2. The molecule has 0 unspecified atom stereocenters. The minimum Gasteiger partial charge on any atom is -0.326 e. The second-order valence-corrected chi connectivity index (χ2v) is 6.57. The summed E-state index contributed by atoms with van der Waals surface area (Å²) in [5, 5.41) is 1.71. The molecule has 19 heavy (non-hydrogen) atoms. The Kier molecular flexibility index (Phi) is 4.25. The van der Waals surface area contributed by atoms with Gasteiger partial charge in [0.1, 0.15) is 5.82 Å². The lowest BCUT2D eigenvalue weighted by molar-refractivity contribution is 0.579. The third kappa shape index (κ3) is 3.35. The lowest BCUT2D eigenvalue weighted by Gasteiger charge is -2.06. The van der Waals surface area contributed by atoms with Gasteiger partial charge in [-0.1, -0.05) is 0 Å². The first-order chi connectivity index (χ1) is 9.03. The van der Waals surface area contributed by atoms with Crippen molar-refractivity contribution in [1.82, 2.24) is 14.7 Å². The highest BCUT2D eigenvalue weighted by atomic mass is 32.2. The van der Waals surface area contributed by atoms with Gasteiger partial charge in [-0.15, -0.1) is 11.3 Å². The summed E-state index contributed by atoms with van der Waals surface area (Å²) in [6, 6.07) is 3.23. The SMILES string of the molecule is Cc1nccc(CNS(=O)(=O)c2ccsc2CN)n1. The van der Waals surface area contributed by atoms with Crippen LogP contribution < -0.4 is 10.5 Å². The van der Waals surface area contributed by atoms with E-state index in [9.17, 15) is 8.42 Å². The van der Waals surface area contributed by atoms with Crippen molar-refractivity contribution >= 4 is 21.4 Å². The monoisotopic (exact) mass is 298 g/mol. The minimum absolute atomic E-state index is 0.131. The van der Waals surface area contributed by atoms with Gasteiger partial charge in [0.2, 0.25) is 10.0 Å². The Balaban J connectivity index is 2.14. The number of hydrogen-bond acceptors (Lipinski definition) is 6. The number of nitrogens with two attached hydrogens (primary N) is 1. The Labute approximate surface area is 115 Å². The Bertz CT molecular complexity index is 667. The van der Waals surface area contributed by atoms with E-state index >= 15 is 0 Å². The Morgan fingerprint density at radius 2 is 2.21 bits per heavy atom. The van der Waals surface area contributed by atoms with Gasteiger partial charge in [-0.25, -0.2) is 23.1 Å². The summed E-state index contributed by atoms with van der Waals surface area (Å²) in [5.41, 5.74) is 6.14. The Morgan fingerprint density at radius 1 is 1.42 bits per heavy atom. The van der Waals surface area contributed by atoms with Gasteiger partial charge in [-0.05, 0) is 24.4 Å². The highest BCUT2D eigenvalue weighted by Crippen LogP contribution is 2.21. The highest BCUT2D eigenvalue weighted by molar-refractivity contribution is 7.89. The number of aryl methyl sites for hydroxylation is 1. The molecule has 0 spiro atoms. The van der Waals surface area contributed by atoms with Crippen molar-refractivity contribution < 1.29 is 8.42 Å². The fourth-order valence-corrected chi connectivity index (χ4v) is 3.90. The molecule has 6 nitrogen and oxygen atoms in total. The van der Waals surface area contributed by atoms with Crippen LogP contribution in [0.4, 0.5) is 0 Å². The summed E-state index contributed by atoms with van der Waals surface area (Å²) in [6.45, 7) is 2.09. The van der Waals surface area contributed by atoms with E-state index in [0.29, 0.717) is 16.4 Å². The van der Waals surface area contributed by atoms with E-state index in [1.165, 1.54) is 11.3 Å². The normalized spacial score (nSPS) is 11.7. The van der Waals surface area contributed by atoms with Crippen molar-refractivity contribution in [2.75, 3.05) is 0 Å². The van der Waals surface area contributed by atoms with Crippen LogP contribution in [0.5, 0.6) is 0 Å². The molecule has 2 aromatic heterocycles. The standard InChI is InChI=1S/C11H14N4O2S2/c1-8-13-4-2-9(15-8)7-14-19(16,17)11-3-5-18-10(11)6-12/h2-5,14H,6-7,12H2,1H3. The van der Waals surface area contributed by atoms with Crippen molar-refractivity contribution in [3.05, 3.63) is 40.1 Å². The minimum atomic E-state index is -3.55. The quantitative estimate of drug-likeness (QED) is 0.850. The number of rotatable bonds is 5. The van der Waals surface area contributed by atoms with E-state index in [1.807, 2.05) is 0 Å². The fraction of sp³-hybridized carbons (Fsp3) is 0.273. The van der Waals surface area contributed by atoms with Crippen molar-refractivity contribution in [3.63, 3.8) is 0 Å². The van der Waals surface area contributed by atoms with Gasteiger partial charge in [0.25, 0.3) is 0 Å². The zero-order valence-corrected chi connectivity index (χ0v) is 12.0. The molecule has 0 atom stereocenters. The van der Waals surface area contributed by atoms with Crippen LogP contribution in [0.1, 0.15) is 16.4 Å². The number of aromatic nitrogens is 2. The summed E-state index contributed by atoms with van der Waals surface area (Å²) in [7, 11) is -3.55. The van der Waals surface area contributed by atoms with E-state index < -0.39 is 10.0 Å². The van der Waals surface area contributed by atoms with Crippen molar-refractivity contribution in [2.24, 2.45) is 5.73 Å². The number of nitrogens with one attached hydrogen (secondary N) is 1. The van der Waals surface area contributed by atoms with Crippen LogP contribution in [0.2, 0.25) is 0 Å². The van der Waals surface area contributed by atoms with Gasteiger partial charge in [-0.2, -0.15) is 0 Å². The second-order valence-electron chi connectivity index (χ2n) is 3.83. The third-order valence-corrected chi connectivity index (χ3v) is 5.01. The molecule has 0 bridgehead atoms. The van der Waals surface area contributed by atoms with Crippen molar-refractivity contribution in [2.45, 2.75) is 24.9 Å². The molecule has 0 fully saturated rings. The molecule has 0 aliphatic heterocycles. The number of sulfonamides is 1. The van der Waals surface area contributed by atoms with Crippen LogP contribution in [0.15, 0.2) is 28.6 Å². The lowest BCUT2D eigenvalue weighted by atomic mass is 10.4. The van der Waals surface area contributed by atoms with Crippen LogP contribution in [0.3, 0.4) is 0 Å². The number of nitrogens with zero attached hydrogens (tertiary/aromatic N) is 2. The van der Waals surface area contributed by atoms with Gasteiger partial charge in [0.15, 0.2) is 0 Å². The molecule has 0 saturated carbocycles. The summed E-state index contributed by atoms with van der Waals surface area (Å²) >= 11 is 1.33. The number of thiophene rings is 1. The van der Waals surface area contributed by atoms with Gasteiger partial charge < -0.3 is 5.73 Å². The summed E-state index contributed by atoms with van der Waals surface area (Å²) in [4.78, 5) is 8.98. The van der Waals surface area contributed by atoms with Crippen LogP contribution >= 0.6 is 11.3 Å². The highest BCUT2D eigenvalue weighted by Gasteiger charge is 2.18. The molecule has 0 aromatic carbocycles. The molecule has 0 aliphatic rings. The molecule has 2 rings (SSSR count). The van der Waals surface area contributed by atoms with Crippen LogP contribution in [0, 0.1) is 6.92 Å². The molecule has 0 amide bonds. The average molecular weight is 298 g/mol. The van der Waals surface area contributed by atoms with Gasteiger partial charge in [0, 0.05) is 17.6 Å². The predicted octanol–water partition coefficient (Wildman–Crippen LogP) is 0.784. The zero-order chi connectivity index (χ0) is 13.9. The molecule has 0 aliphatic carbocycles. The van der Waals surface area contributed by atoms with Crippen molar-refractivity contribution in [1.29, 1.82) is 0 Å². The van der Waals surface area contributed by atoms with Gasteiger partial charge in [-0.3, -0.25) is 0 Å². The molecule has 102 valence electrons. The van der Waals surface area contributed by atoms with Crippen molar-refractivity contribution in [3.8, 4) is 0 Å². The Hall–Kier alpha value is -1.35. The summed E-state index contributed by atoms with van der Waals surface area (Å²) in [6.07, 6.45) is 1.60. The van der Waals surface area contributed by atoms with E-state index in [1.54, 1.807) is 30.6 Å². The lowest BCUT2D eigenvalue weighted by Crippen LogP contribution is -2.24. The molecular weight excluding hydrogens is 284 g/mol. The maximum atomic E-state index is 12.1. The van der Waals surface area contributed by atoms with Gasteiger partial charge in [0.05, 0.1) is 17.1 Å². The maximum Gasteiger partial charge on any atom is 0.242 e. The molecule has 8 heteroatoms. The predicted molar refractivity (Wildman–Crippen MR) is 73.0 cm³/mol. The van der Waals surface area contributed by atoms with E-state index in [0.717, 1.165) is 0 Å². The smallest absolute Gasteiger partial charge is 0.242 e. The van der Waals surface area contributed by atoms with Gasteiger partial charge >= 0.3 is 0 Å². The third-order valence-electron chi connectivity index (χ3n) is 2.46. The summed E-state index contributed by atoms with van der Waals surface area (Å²) in [5.74, 6) is 0.606. The first-order valence-electron chi connectivity index (χ1n) is 5.57. The molecule has 0 radical (unpaired) electrons. The molecule has 2 aromatic rings. The van der Waals surface area contributed by atoms with Crippen LogP contribution in [-0.4, -0.2) is 18.4 Å². The average Bonchev–Trinajstić information content (AvgIpc) is 2.86. The topological polar surface area (TPSA) is 98.0 Å². The zero-order valence-electron chi connectivity index (χ0n) is 10.3. The van der Waals surface area contributed by atoms with Crippen LogP contribution in [0.25, 0.3) is 0 Å². The molecule has 2 heterocycles. The van der Waals surface area contributed by atoms with Crippen LogP contribution in [-0.2, 0) is 23.1 Å². The first kappa shape index (κ1) is 14.1. The second kappa shape index (κ2) is 5.74. The maximum absolute atomic E-state index is 12.1. The summed E-state index contributed by atoms with van der Waals surface area (Å²) < 4.78 is 26.8. The van der Waals surface area contributed by atoms with E-state index in [-0.39, 0.29) is 18.0 Å². The fourth-order valence-electron chi connectivity index (χ4n) is 1.57. The molecule has 0 saturated heterocycles. The first-order valence-corrected chi connectivity index (χ1v) is 7.94. The Morgan fingerprint density at radius 3 is 2.89 bits per heavy atom. The largest absolute Gasteiger partial charge is 0.326 e. The van der Waals surface area contributed by atoms with E-state index in [4.69, 9.17) is 5.73 Å². The number of hydrogen-bond donors (Lipinski definition) is 2.